The smallest absolute Gasteiger partial charge is 0.00671 e. The largest absolute Gasteiger partial charge is 0.330 e. The lowest BCUT2D eigenvalue weighted by Gasteiger charge is -2.00. The summed E-state index contributed by atoms with van der Waals surface area (Å²) in [5.41, 5.74) is 5.42. The van der Waals surface area contributed by atoms with E-state index in [0.29, 0.717) is 0 Å². The van der Waals surface area contributed by atoms with Gasteiger partial charge in [-0.1, -0.05) is 32.6 Å². The molecule has 0 aromatic carbocycles. The SMILES string of the molecule is CCCCCCCSCCCCN. The average molecular weight is 203 g/mol. The molecule has 0 fully saturated rings. The minimum absolute atomic E-state index is 0.858. The maximum absolute atomic E-state index is 5.42. The minimum atomic E-state index is 0.858. The van der Waals surface area contributed by atoms with Crippen LogP contribution in [0, 0.1) is 0 Å². The molecule has 0 aliphatic carbocycles. The maximum Gasteiger partial charge on any atom is -0.00671 e. The molecule has 0 aliphatic rings. The van der Waals surface area contributed by atoms with Gasteiger partial charge in [-0.25, -0.2) is 0 Å². The number of rotatable bonds is 10. The van der Waals surface area contributed by atoms with Crippen molar-refractivity contribution < 1.29 is 0 Å². The Morgan fingerprint density at radius 1 is 0.846 bits per heavy atom. The number of thioether (sulfide) groups is 1. The zero-order valence-electron chi connectivity index (χ0n) is 9.06. The normalized spacial score (nSPS) is 10.6. The van der Waals surface area contributed by atoms with Crippen LogP contribution in [0.3, 0.4) is 0 Å². The molecule has 0 amide bonds. The van der Waals surface area contributed by atoms with E-state index >= 15 is 0 Å². The highest BCUT2D eigenvalue weighted by Crippen LogP contribution is 2.10. The predicted octanol–water partition coefficient (Wildman–Crippen LogP) is 3.43. The predicted molar refractivity (Wildman–Crippen MR) is 64.4 cm³/mol. The van der Waals surface area contributed by atoms with Crippen molar-refractivity contribution in [2.75, 3.05) is 18.1 Å². The molecular formula is C11H25NS. The van der Waals surface area contributed by atoms with E-state index in [2.05, 4.69) is 18.7 Å². The Morgan fingerprint density at radius 2 is 1.46 bits per heavy atom. The molecule has 0 aromatic heterocycles. The first-order chi connectivity index (χ1) is 6.41. The fraction of sp³-hybridized carbons (Fsp3) is 1.00. The molecule has 13 heavy (non-hydrogen) atoms. The van der Waals surface area contributed by atoms with Gasteiger partial charge in [0.1, 0.15) is 0 Å². The second-order valence-corrected chi connectivity index (χ2v) is 4.75. The number of unbranched alkanes of at least 4 members (excludes halogenated alkanes) is 5. The summed E-state index contributed by atoms with van der Waals surface area (Å²) in [4.78, 5) is 0. The van der Waals surface area contributed by atoms with Gasteiger partial charge < -0.3 is 5.73 Å². The second kappa shape index (κ2) is 12.3. The van der Waals surface area contributed by atoms with Crippen molar-refractivity contribution in [3.63, 3.8) is 0 Å². The molecule has 0 unspecified atom stereocenters. The monoisotopic (exact) mass is 203 g/mol. The molecule has 0 heterocycles. The summed E-state index contributed by atoms with van der Waals surface area (Å²) in [6.07, 6.45) is 9.53. The fourth-order valence-corrected chi connectivity index (χ4v) is 2.28. The Bertz CT molecular complexity index is 76.2. The van der Waals surface area contributed by atoms with Gasteiger partial charge in [0, 0.05) is 0 Å². The van der Waals surface area contributed by atoms with Crippen LogP contribution in [-0.2, 0) is 0 Å². The van der Waals surface area contributed by atoms with Crippen LogP contribution in [0.1, 0.15) is 51.9 Å². The summed E-state index contributed by atoms with van der Waals surface area (Å²) in [6, 6.07) is 0. The highest BCUT2D eigenvalue weighted by atomic mass is 32.2. The van der Waals surface area contributed by atoms with Crippen LogP contribution in [0.2, 0.25) is 0 Å². The lowest BCUT2D eigenvalue weighted by Crippen LogP contribution is -1.98. The van der Waals surface area contributed by atoms with Crippen molar-refractivity contribution in [1.82, 2.24) is 0 Å². The van der Waals surface area contributed by atoms with E-state index in [1.807, 2.05) is 0 Å². The van der Waals surface area contributed by atoms with Crippen LogP contribution in [-0.4, -0.2) is 18.1 Å². The minimum Gasteiger partial charge on any atom is -0.330 e. The summed E-state index contributed by atoms with van der Waals surface area (Å²) in [5, 5.41) is 0. The van der Waals surface area contributed by atoms with Crippen LogP contribution in [0.5, 0.6) is 0 Å². The summed E-state index contributed by atoms with van der Waals surface area (Å²) in [6.45, 7) is 3.12. The van der Waals surface area contributed by atoms with Gasteiger partial charge in [-0.2, -0.15) is 11.8 Å². The first-order valence-corrected chi connectivity index (χ1v) is 6.85. The molecule has 0 saturated carbocycles. The van der Waals surface area contributed by atoms with E-state index < -0.39 is 0 Å². The summed E-state index contributed by atoms with van der Waals surface area (Å²) in [7, 11) is 0. The highest BCUT2D eigenvalue weighted by Gasteiger charge is 1.91. The van der Waals surface area contributed by atoms with Crippen molar-refractivity contribution in [2.45, 2.75) is 51.9 Å². The zero-order valence-corrected chi connectivity index (χ0v) is 9.87. The Balaban J connectivity index is 2.76. The third-order valence-corrected chi connectivity index (χ3v) is 3.29. The number of hydrogen-bond donors (Lipinski definition) is 1. The molecule has 1 nitrogen and oxygen atoms in total. The van der Waals surface area contributed by atoms with Gasteiger partial charge in [0.25, 0.3) is 0 Å². The molecule has 80 valence electrons. The van der Waals surface area contributed by atoms with Gasteiger partial charge in [-0.15, -0.1) is 0 Å². The standard InChI is InChI=1S/C11H25NS/c1-2-3-4-5-7-10-13-11-8-6-9-12/h2-12H2,1H3. The molecular weight excluding hydrogens is 178 g/mol. The van der Waals surface area contributed by atoms with E-state index in [9.17, 15) is 0 Å². The third-order valence-electron chi connectivity index (χ3n) is 2.14. The topological polar surface area (TPSA) is 26.0 Å². The lowest BCUT2D eigenvalue weighted by atomic mass is 10.2. The molecule has 2 N–H and O–H groups in total. The van der Waals surface area contributed by atoms with Crippen LogP contribution in [0.15, 0.2) is 0 Å². The van der Waals surface area contributed by atoms with Crippen molar-refractivity contribution >= 4 is 11.8 Å². The molecule has 0 aromatic rings. The molecule has 0 bridgehead atoms. The first-order valence-electron chi connectivity index (χ1n) is 5.69. The lowest BCUT2D eigenvalue weighted by molar-refractivity contribution is 0.659. The van der Waals surface area contributed by atoms with Crippen LogP contribution >= 0.6 is 11.8 Å². The van der Waals surface area contributed by atoms with Gasteiger partial charge in [0.15, 0.2) is 0 Å². The molecule has 0 spiro atoms. The summed E-state index contributed by atoms with van der Waals surface area (Å²) in [5.74, 6) is 2.67. The fourth-order valence-electron chi connectivity index (χ4n) is 1.26. The highest BCUT2D eigenvalue weighted by molar-refractivity contribution is 7.99. The van der Waals surface area contributed by atoms with Crippen molar-refractivity contribution in [3.8, 4) is 0 Å². The van der Waals surface area contributed by atoms with E-state index in [4.69, 9.17) is 5.73 Å². The van der Waals surface area contributed by atoms with Crippen LogP contribution in [0.4, 0.5) is 0 Å². The maximum atomic E-state index is 5.42. The Morgan fingerprint density at radius 3 is 2.08 bits per heavy atom. The molecule has 0 radical (unpaired) electrons. The zero-order chi connectivity index (χ0) is 9.78. The third kappa shape index (κ3) is 12.3. The quantitative estimate of drug-likeness (QED) is 0.551. The summed E-state index contributed by atoms with van der Waals surface area (Å²) >= 11 is 2.10. The molecule has 2 heteroatoms. The Labute approximate surface area is 87.9 Å². The van der Waals surface area contributed by atoms with Crippen molar-refractivity contribution in [1.29, 1.82) is 0 Å². The van der Waals surface area contributed by atoms with Crippen molar-refractivity contribution in [3.05, 3.63) is 0 Å². The Hall–Kier alpha value is 0.310. The van der Waals surface area contributed by atoms with Gasteiger partial charge in [-0.3, -0.25) is 0 Å². The van der Waals surface area contributed by atoms with Crippen LogP contribution in [0.25, 0.3) is 0 Å². The number of hydrogen-bond acceptors (Lipinski definition) is 2. The van der Waals surface area contributed by atoms with Crippen LogP contribution < -0.4 is 5.73 Å². The second-order valence-electron chi connectivity index (χ2n) is 3.52. The Kier molecular flexibility index (Phi) is 12.6. The molecule has 0 saturated heterocycles. The number of nitrogens with two attached hydrogens (primary N) is 1. The van der Waals surface area contributed by atoms with Gasteiger partial charge in [0.2, 0.25) is 0 Å². The molecule has 0 aliphatic heterocycles. The van der Waals surface area contributed by atoms with Gasteiger partial charge >= 0.3 is 0 Å². The van der Waals surface area contributed by atoms with Gasteiger partial charge in [0.05, 0.1) is 0 Å². The molecule has 0 rings (SSSR count). The van der Waals surface area contributed by atoms with E-state index in [-0.39, 0.29) is 0 Å². The van der Waals surface area contributed by atoms with E-state index in [1.54, 1.807) is 0 Å². The van der Waals surface area contributed by atoms with E-state index in [0.717, 1.165) is 6.54 Å². The average Bonchev–Trinajstić information content (AvgIpc) is 2.16. The van der Waals surface area contributed by atoms with Crippen molar-refractivity contribution in [2.24, 2.45) is 5.73 Å². The van der Waals surface area contributed by atoms with Gasteiger partial charge in [-0.05, 0) is 37.3 Å². The van der Waals surface area contributed by atoms with E-state index in [1.165, 1.54) is 56.5 Å². The summed E-state index contributed by atoms with van der Waals surface area (Å²) < 4.78 is 0. The first kappa shape index (κ1) is 13.3. The molecule has 0 atom stereocenters.